The summed E-state index contributed by atoms with van der Waals surface area (Å²) in [5.74, 6) is 2.66. The minimum Gasteiger partial charge on any atom is -0.459 e. The van der Waals surface area contributed by atoms with Crippen LogP contribution in [-0.2, 0) is 11.2 Å². The maximum atomic E-state index is 12.5. The minimum atomic E-state index is -0.131. The third-order valence-corrected chi connectivity index (χ3v) is 7.51. The highest BCUT2D eigenvalue weighted by molar-refractivity contribution is 5.89. The van der Waals surface area contributed by atoms with E-state index in [0.717, 1.165) is 37.0 Å². The van der Waals surface area contributed by atoms with Crippen molar-refractivity contribution in [2.24, 2.45) is 17.8 Å². The van der Waals surface area contributed by atoms with Crippen molar-refractivity contribution in [1.82, 2.24) is 0 Å². The molecule has 0 radical (unpaired) electrons. The quantitative estimate of drug-likeness (QED) is 0.314. The van der Waals surface area contributed by atoms with Crippen LogP contribution in [0, 0.1) is 17.8 Å². The van der Waals surface area contributed by atoms with E-state index in [1.807, 2.05) is 12.1 Å². The van der Waals surface area contributed by atoms with Gasteiger partial charge in [0.1, 0.15) is 6.10 Å². The molecule has 29 heavy (non-hydrogen) atoms. The fourth-order valence-electron chi connectivity index (χ4n) is 5.64. The number of carbonyl (C=O) groups is 1. The van der Waals surface area contributed by atoms with Gasteiger partial charge in [-0.25, -0.2) is 4.79 Å². The van der Waals surface area contributed by atoms with Crippen LogP contribution in [0.15, 0.2) is 24.3 Å². The largest absolute Gasteiger partial charge is 0.459 e. The van der Waals surface area contributed by atoms with E-state index in [0.29, 0.717) is 5.56 Å². The van der Waals surface area contributed by atoms with Crippen LogP contribution in [-0.4, -0.2) is 12.1 Å². The molecule has 2 nitrogen and oxygen atoms in total. The SMILES string of the molecule is CCCCCc1ccc(C(=O)OC2CCC(C3CCC(CCC)CC3)CC2)cc1. The molecule has 0 spiro atoms. The maximum absolute atomic E-state index is 12.5. The molecule has 2 saturated carbocycles. The molecule has 2 aliphatic carbocycles. The summed E-state index contributed by atoms with van der Waals surface area (Å²) in [5.41, 5.74) is 2.03. The van der Waals surface area contributed by atoms with Gasteiger partial charge in [0.2, 0.25) is 0 Å². The molecule has 162 valence electrons. The predicted molar refractivity (Wildman–Crippen MR) is 121 cm³/mol. The van der Waals surface area contributed by atoms with Crippen LogP contribution in [0.1, 0.15) is 113 Å². The van der Waals surface area contributed by atoms with E-state index in [-0.39, 0.29) is 12.1 Å². The topological polar surface area (TPSA) is 26.3 Å². The molecule has 0 heterocycles. The van der Waals surface area contributed by atoms with Crippen molar-refractivity contribution in [2.75, 3.05) is 0 Å². The number of rotatable bonds is 9. The van der Waals surface area contributed by atoms with Crippen molar-refractivity contribution in [2.45, 2.75) is 110 Å². The van der Waals surface area contributed by atoms with Crippen molar-refractivity contribution in [3.63, 3.8) is 0 Å². The standard InChI is InChI=1S/C27H42O2/c1-3-5-6-8-22-11-15-25(16-12-22)27(28)29-26-19-17-24(18-20-26)23-13-9-21(7-4-2)10-14-23/h11-12,15-16,21,23-24,26H,3-10,13-14,17-20H2,1-2H3. The molecule has 0 unspecified atom stereocenters. The Bertz CT molecular complexity index is 589. The van der Waals surface area contributed by atoms with Crippen LogP contribution < -0.4 is 0 Å². The first-order chi connectivity index (χ1) is 14.2. The number of ether oxygens (including phenoxy) is 1. The third-order valence-electron chi connectivity index (χ3n) is 7.51. The lowest BCUT2D eigenvalue weighted by molar-refractivity contribution is 0.0109. The average molecular weight is 399 g/mol. The maximum Gasteiger partial charge on any atom is 0.338 e. The zero-order valence-corrected chi connectivity index (χ0v) is 18.8. The van der Waals surface area contributed by atoms with E-state index in [1.165, 1.54) is 76.2 Å². The summed E-state index contributed by atoms with van der Waals surface area (Å²) < 4.78 is 5.86. The van der Waals surface area contributed by atoms with Crippen molar-refractivity contribution in [3.05, 3.63) is 35.4 Å². The van der Waals surface area contributed by atoms with Crippen LogP contribution in [0.4, 0.5) is 0 Å². The summed E-state index contributed by atoms with van der Waals surface area (Å²) >= 11 is 0. The molecule has 0 aromatic heterocycles. The monoisotopic (exact) mass is 398 g/mol. The normalized spacial score (nSPS) is 27.5. The lowest BCUT2D eigenvalue weighted by atomic mass is 9.70. The van der Waals surface area contributed by atoms with Gasteiger partial charge in [-0.1, -0.05) is 64.5 Å². The van der Waals surface area contributed by atoms with E-state index < -0.39 is 0 Å². The molecule has 3 rings (SSSR count). The molecule has 0 atom stereocenters. The van der Waals surface area contributed by atoms with Gasteiger partial charge in [0, 0.05) is 0 Å². The molecule has 1 aromatic carbocycles. The second kappa shape index (κ2) is 11.8. The van der Waals surface area contributed by atoms with E-state index in [9.17, 15) is 4.79 Å². The lowest BCUT2D eigenvalue weighted by Gasteiger charge is -2.37. The van der Waals surface area contributed by atoms with E-state index in [2.05, 4.69) is 26.0 Å². The molecular formula is C27H42O2. The lowest BCUT2D eigenvalue weighted by Crippen LogP contribution is -2.29. The second-order valence-electron chi connectivity index (χ2n) is 9.67. The zero-order chi connectivity index (χ0) is 20.5. The summed E-state index contributed by atoms with van der Waals surface area (Å²) in [5, 5.41) is 0. The van der Waals surface area contributed by atoms with E-state index >= 15 is 0 Å². The number of benzene rings is 1. The van der Waals surface area contributed by atoms with Gasteiger partial charge < -0.3 is 4.74 Å². The van der Waals surface area contributed by atoms with Crippen molar-refractivity contribution >= 4 is 5.97 Å². The first kappa shape index (κ1) is 22.4. The Kier molecular flexibility index (Phi) is 9.08. The van der Waals surface area contributed by atoms with Crippen LogP contribution in [0.25, 0.3) is 0 Å². The van der Waals surface area contributed by atoms with Crippen LogP contribution in [0.5, 0.6) is 0 Å². The minimum absolute atomic E-state index is 0.124. The number of hydrogen-bond acceptors (Lipinski definition) is 2. The number of hydrogen-bond donors (Lipinski definition) is 0. The van der Waals surface area contributed by atoms with E-state index in [1.54, 1.807) is 0 Å². The fraction of sp³-hybridized carbons (Fsp3) is 0.741. The molecule has 2 aliphatic rings. The van der Waals surface area contributed by atoms with Crippen LogP contribution in [0.3, 0.4) is 0 Å². The fourth-order valence-corrected chi connectivity index (χ4v) is 5.64. The molecule has 0 N–H and O–H groups in total. The van der Waals surface area contributed by atoms with Crippen molar-refractivity contribution < 1.29 is 9.53 Å². The molecule has 0 amide bonds. The van der Waals surface area contributed by atoms with Crippen molar-refractivity contribution in [1.29, 1.82) is 0 Å². The second-order valence-corrected chi connectivity index (χ2v) is 9.67. The summed E-state index contributed by atoms with van der Waals surface area (Å²) in [4.78, 5) is 12.5. The Morgan fingerprint density at radius 1 is 0.828 bits per heavy atom. The summed E-state index contributed by atoms with van der Waals surface area (Å²) in [6, 6.07) is 8.09. The summed E-state index contributed by atoms with van der Waals surface area (Å²) in [7, 11) is 0. The Labute approximate surface area is 178 Å². The molecule has 1 aromatic rings. The zero-order valence-electron chi connectivity index (χ0n) is 18.8. The van der Waals surface area contributed by atoms with Gasteiger partial charge in [-0.3, -0.25) is 0 Å². The van der Waals surface area contributed by atoms with E-state index in [4.69, 9.17) is 4.74 Å². The van der Waals surface area contributed by atoms with Gasteiger partial charge in [0.05, 0.1) is 5.56 Å². The molecule has 2 heteroatoms. The first-order valence-corrected chi connectivity index (χ1v) is 12.5. The Morgan fingerprint density at radius 3 is 2.03 bits per heavy atom. The van der Waals surface area contributed by atoms with Gasteiger partial charge in [-0.2, -0.15) is 0 Å². The molecule has 0 aliphatic heterocycles. The van der Waals surface area contributed by atoms with Gasteiger partial charge in [-0.15, -0.1) is 0 Å². The smallest absolute Gasteiger partial charge is 0.338 e. The molecular weight excluding hydrogens is 356 g/mol. The predicted octanol–water partition coefficient (Wildman–Crippen LogP) is 7.74. The van der Waals surface area contributed by atoms with Gasteiger partial charge in [-0.05, 0) is 86.8 Å². The average Bonchev–Trinajstić information content (AvgIpc) is 2.76. The van der Waals surface area contributed by atoms with Gasteiger partial charge >= 0.3 is 5.97 Å². The first-order valence-electron chi connectivity index (χ1n) is 12.5. The third kappa shape index (κ3) is 6.86. The van der Waals surface area contributed by atoms with Gasteiger partial charge in [0.25, 0.3) is 0 Å². The Balaban J connectivity index is 1.38. The Morgan fingerprint density at radius 2 is 1.45 bits per heavy atom. The van der Waals surface area contributed by atoms with Gasteiger partial charge in [0.15, 0.2) is 0 Å². The Hall–Kier alpha value is -1.31. The number of carbonyl (C=O) groups excluding carboxylic acids is 1. The highest BCUT2D eigenvalue weighted by atomic mass is 16.5. The number of unbranched alkanes of at least 4 members (excludes halogenated alkanes) is 2. The highest BCUT2D eigenvalue weighted by Gasteiger charge is 2.31. The molecule has 0 bridgehead atoms. The van der Waals surface area contributed by atoms with Crippen LogP contribution >= 0.6 is 0 Å². The van der Waals surface area contributed by atoms with Crippen LogP contribution in [0.2, 0.25) is 0 Å². The summed E-state index contributed by atoms with van der Waals surface area (Å²) in [6.07, 6.45) is 18.1. The number of aryl methyl sites for hydroxylation is 1. The summed E-state index contributed by atoms with van der Waals surface area (Å²) in [6.45, 7) is 4.54. The van der Waals surface area contributed by atoms with Crippen molar-refractivity contribution in [3.8, 4) is 0 Å². The highest BCUT2D eigenvalue weighted by Crippen LogP contribution is 2.41. The number of esters is 1. The molecule has 2 fully saturated rings. The molecule has 0 saturated heterocycles.